The zero-order valence-corrected chi connectivity index (χ0v) is 9.44. The van der Waals surface area contributed by atoms with E-state index in [1.54, 1.807) is 6.92 Å². The van der Waals surface area contributed by atoms with Crippen molar-refractivity contribution in [3.8, 4) is 0 Å². The smallest absolute Gasteiger partial charge is 0.312 e. The van der Waals surface area contributed by atoms with Gasteiger partial charge in [-0.05, 0) is 13.3 Å². The molecule has 3 unspecified atom stereocenters. The Labute approximate surface area is 92.7 Å². The molecule has 2 aliphatic carbocycles. The molecule has 3 atom stereocenters. The third-order valence-corrected chi connectivity index (χ3v) is 4.71. The highest BCUT2D eigenvalue weighted by atomic mass is 16.5. The molecule has 0 aromatic rings. The average molecular weight is 223 g/mol. The van der Waals surface area contributed by atoms with Crippen LogP contribution < -0.4 is 0 Å². The fourth-order valence-corrected chi connectivity index (χ4v) is 3.63. The van der Waals surface area contributed by atoms with Crippen LogP contribution in [0.25, 0.3) is 0 Å². The molecule has 0 radical (unpaired) electrons. The van der Waals surface area contributed by atoms with Gasteiger partial charge in [0.15, 0.2) is 0 Å². The van der Waals surface area contributed by atoms with Gasteiger partial charge in [0.1, 0.15) is 0 Å². The summed E-state index contributed by atoms with van der Waals surface area (Å²) in [4.78, 5) is 36.3. The van der Waals surface area contributed by atoms with E-state index in [1.165, 1.54) is 19.1 Å². The van der Waals surface area contributed by atoms with Crippen molar-refractivity contribution in [3.63, 3.8) is 0 Å². The highest BCUT2D eigenvalue weighted by Crippen LogP contribution is 2.86. The summed E-state index contributed by atoms with van der Waals surface area (Å²) in [7, 11) is 2.84. The molecular formula is C11H13NO4. The molecule has 1 heterocycles. The van der Waals surface area contributed by atoms with E-state index in [4.69, 9.17) is 4.74 Å². The summed E-state index contributed by atoms with van der Waals surface area (Å²) in [6, 6.07) is 0. The minimum absolute atomic E-state index is 0.136. The number of amides is 2. The topological polar surface area (TPSA) is 63.7 Å². The Bertz CT molecular complexity index is 421. The van der Waals surface area contributed by atoms with Gasteiger partial charge in [0, 0.05) is 12.5 Å². The van der Waals surface area contributed by atoms with E-state index in [9.17, 15) is 14.4 Å². The molecule has 5 heteroatoms. The van der Waals surface area contributed by atoms with Crippen LogP contribution in [0.5, 0.6) is 0 Å². The number of carbonyl (C=O) groups excluding carboxylic acids is 3. The number of imide groups is 1. The molecule has 0 aromatic heterocycles. The van der Waals surface area contributed by atoms with Crippen LogP contribution in [0.15, 0.2) is 0 Å². The van der Waals surface area contributed by atoms with E-state index in [0.717, 1.165) is 0 Å². The van der Waals surface area contributed by atoms with Gasteiger partial charge in [-0.1, -0.05) is 0 Å². The number of nitrogens with zero attached hydrogens (tertiary/aromatic N) is 1. The first-order chi connectivity index (χ1) is 7.41. The van der Waals surface area contributed by atoms with Crippen molar-refractivity contribution in [2.75, 3.05) is 14.2 Å². The molecule has 5 nitrogen and oxygen atoms in total. The second-order valence-corrected chi connectivity index (χ2v) is 5.23. The van der Waals surface area contributed by atoms with Gasteiger partial charge in [-0.2, -0.15) is 0 Å². The minimum Gasteiger partial charge on any atom is -0.469 e. The summed E-state index contributed by atoms with van der Waals surface area (Å²) in [6.45, 7) is 1.79. The van der Waals surface area contributed by atoms with Crippen molar-refractivity contribution in [1.82, 2.24) is 4.90 Å². The Hall–Kier alpha value is -1.39. The summed E-state index contributed by atoms with van der Waals surface area (Å²) < 4.78 is 4.74. The van der Waals surface area contributed by atoms with Gasteiger partial charge in [-0.25, -0.2) is 0 Å². The maximum atomic E-state index is 11.8. The van der Waals surface area contributed by atoms with Gasteiger partial charge in [-0.3, -0.25) is 19.3 Å². The van der Waals surface area contributed by atoms with Crippen LogP contribution in [0.4, 0.5) is 0 Å². The zero-order valence-electron chi connectivity index (χ0n) is 9.44. The van der Waals surface area contributed by atoms with Crippen molar-refractivity contribution in [2.24, 2.45) is 22.7 Å². The molecular weight excluding hydrogens is 210 g/mol. The number of ether oxygens (including phenoxy) is 1. The minimum atomic E-state index is -0.621. The Balaban J connectivity index is 1.92. The van der Waals surface area contributed by atoms with Crippen LogP contribution in [-0.4, -0.2) is 36.8 Å². The van der Waals surface area contributed by atoms with Crippen molar-refractivity contribution in [3.05, 3.63) is 0 Å². The first-order valence-electron chi connectivity index (χ1n) is 5.31. The molecule has 3 fully saturated rings. The van der Waals surface area contributed by atoms with Gasteiger partial charge >= 0.3 is 5.97 Å². The van der Waals surface area contributed by atoms with Gasteiger partial charge in [0.2, 0.25) is 11.8 Å². The van der Waals surface area contributed by atoms with Crippen LogP contribution in [0, 0.1) is 22.7 Å². The summed E-state index contributed by atoms with van der Waals surface area (Å²) in [6.07, 6.45) is 0.604. The second-order valence-electron chi connectivity index (χ2n) is 5.23. The molecule has 3 rings (SSSR count). The first kappa shape index (κ1) is 9.81. The third-order valence-electron chi connectivity index (χ3n) is 4.71. The molecule has 0 N–H and O–H groups in total. The van der Waals surface area contributed by atoms with E-state index in [0.29, 0.717) is 6.42 Å². The second kappa shape index (κ2) is 2.31. The first-order valence-corrected chi connectivity index (χ1v) is 5.31. The summed E-state index contributed by atoms with van der Waals surface area (Å²) in [5.41, 5.74) is -1.02. The Morgan fingerprint density at radius 2 is 1.88 bits per heavy atom. The lowest BCUT2D eigenvalue weighted by Gasteiger charge is -2.14. The quantitative estimate of drug-likeness (QED) is 0.456. The highest BCUT2D eigenvalue weighted by Gasteiger charge is 2.93. The molecule has 3 aliphatic rings. The molecule has 1 spiro atoms. The van der Waals surface area contributed by atoms with E-state index < -0.39 is 10.8 Å². The fraction of sp³-hybridized carbons (Fsp3) is 0.727. The van der Waals surface area contributed by atoms with Crippen molar-refractivity contribution >= 4 is 17.8 Å². The lowest BCUT2D eigenvalue weighted by atomic mass is 10.0. The predicted molar refractivity (Wildman–Crippen MR) is 51.9 cm³/mol. The normalized spacial score (nSPS) is 48.3. The van der Waals surface area contributed by atoms with E-state index in [2.05, 4.69) is 0 Å². The summed E-state index contributed by atoms with van der Waals surface area (Å²) >= 11 is 0. The van der Waals surface area contributed by atoms with Crippen molar-refractivity contribution < 1.29 is 19.1 Å². The lowest BCUT2D eigenvalue weighted by molar-refractivity contribution is -0.148. The highest BCUT2D eigenvalue weighted by molar-refractivity contribution is 6.12. The third kappa shape index (κ3) is 0.691. The van der Waals surface area contributed by atoms with Gasteiger partial charge in [0.25, 0.3) is 0 Å². The van der Waals surface area contributed by atoms with Crippen LogP contribution in [-0.2, 0) is 19.1 Å². The standard InChI is InChI=1S/C11H13NO4/c1-10(9(15)16-3)4-11(10)5-6(11)8(14)12(2)7(5)13/h5-6H,4H2,1-3H3. The van der Waals surface area contributed by atoms with E-state index in [1.807, 2.05) is 0 Å². The van der Waals surface area contributed by atoms with Crippen molar-refractivity contribution in [2.45, 2.75) is 13.3 Å². The monoisotopic (exact) mass is 223 g/mol. The van der Waals surface area contributed by atoms with Crippen LogP contribution in [0.2, 0.25) is 0 Å². The SMILES string of the molecule is COC(=O)C1(C)CC12C1C(=O)N(C)C(=O)C12. The number of piperidine rings is 1. The number of hydrogen-bond acceptors (Lipinski definition) is 4. The number of likely N-dealkylation sites (tertiary alicyclic amines) is 1. The van der Waals surface area contributed by atoms with Crippen LogP contribution in [0.3, 0.4) is 0 Å². The van der Waals surface area contributed by atoms with Crippen molar-refractivity contribution in [1.29, 1.82) is 0 Å². The zero-order chi connectivity index (χ0) is 11.9. The Morgan fingerprint density at radius 3 is 2.31 bits per heavy atom. The van der Waals surface area contributed by atoms with Gasteiger partial charge in [-0.15, -0.1) is 0 Å². The van der Waals surface area contributed by atoms with Crippen LogP contribution in [0.1, 0.15) is 13.3 Å². The molecule has 1 saturated heterocycles. The molecule has 2 amide bonds. The summed E-state index contributed by atoms with van der Waals surface area (Å²) in [5.74, 6) is -1.11. The number of rotatable bonds is 1. The molecule has 0 aromatic carbocycles. The molecule has 2 saturated carbocycles. The molecule has 1 aliphatic heterocycles. The van der Waals surface area contributed by atoms with Crippen LogP contribution >= 0.6 is 0 Å². The largest absolute Gasteiger partial charge is 0.469 e. The lowest BCUT2D eigenvalue weighted by Crippen LogP contribution is -2.33. The molecule has 16 heavy (non-hydrogen) atoms. The number of esters is 1. The van der Waals surface area contributed by atoms with Gasteiger partial charge in [0.05, 0.1) is 24.4 Å². The number of methoxy groups -OCH3 is 1. The molecule has 86 valence electrons. The Kier molecular flexibility index (Phi) is 1.42. The predicted octanol–water partition coefficient (Wildman–Crippen LogP) is -0.200. The maximum absolute atomic E-state index is 11.8. The van der Waals surface area contributed by atoms with E-state index in [-0.39, 0.29) is 29.6 Å². The van der Waals surface area contributed by atoms with Gasteiger partial charge < -0.3 is 4.74 Å². The Morgan fingerprint density at radius 1 is 1.38 bits per heavy atom. The maximum Gasteiger partial charge on any atom is 0.312 e. The number of carbonyl (C=O) groups is 3. The average Bonchev–Trinajstić information content (AvgIpc) is 3.07. The van der Waals surface area contributed by atoms with E-state index >= 15 is 0 Å². The number of hydrogen-bond donors (Lipinski definition) is 0. The molecule has 0 bridgehead atoms. The number of fused-ring (bicyclic) bond motifs is 3. The summed E-state index contributed by atoms with van der Waals surface area (Å²) in [5, 5.41) is 0. The fourth-order valence-electron chi connectivity index (χ4n) is 3.63.